The first-order valence-corrected chi connectivity index (χ1v) is 8.71. The number of hydrogen-bond donors (Lipinski definition) is 0. The fourth-order valence-electron chi connectivity index (χ4n) is 2.07. The summed E-state index contributed by atoms with van der Waals surface area (Å²) in [6, 6.07) is 6.76. The molecule has 0 N–H and O–H groups in total. The first kappa shape index (κ1) is 16.5. The summed E-state index contributed by atoms with van der Waals surface area (Å²) in [6.07, 6.45) is -0.467. The van der Waals surface area contributed by atoms with E-state index in [-0.39, 0.29) is 0 Å². The van der Waals surface area contributed by atoms with Crippen molar-refractivity contribution in [3.8, 4) is 0 Å². The molecule has 0 unspecified atom stereocenters. The van der Waals surface area contributed by atoms with Crippen molar-refractivity contribution in [2.24, 2.45) is 0 Å². The predicted molar refractivity (Wildman–Crippen MR) is 81.8 cm³/mol. The van der Waals surface area contributed by atoms with Gasteiger partial charge in [0.1, 0.15) is 0 Å². The van der Waals surface area contributed by atoms with Crippen molar-refractivity contribution >= 4 is 9.84 Å². The summed E-state index contributed by atoms with van der Waals surface area (Å²) >= 11 is 0. The van der Waals surface area contributed by atoms with Crippen LogP contribution in [0.15, 0.2) is 29.2 Å². The van der Waals surface area contributed by atoms with Crippen LogP contribution in [0.5, 0.6) is 0 Å². The summed E-state index contributed by atoms with van der Waals surface area (Å²) in [7, 11) is -3.24. The molecule has 21 heavy (non-hydrogen) atoms. The van der Waals surface area contributed by atoms with E-state index in [2.05, 4.69) is 0 Å². The highest BCUT2D eigenvalue weighted by Crippen LogP contribution is 2.44. The highest BCUT2D eigenvalue weighted by Gasteiger charge is 2.49. The van der Waals surface area contributed by atoms with E-state index >= 15 is 0 Å². The third-order valence-electron chi connectivity index (χ3n) is 4.35. The Hall–Kier alpha value is -0.910. The Morgan fingerprint density at radius 1 is 0.952 bits per heavy atom. The molecule has 0 atom stereocenters. The van der Waals surface area contributed by atoms with Gasteiger partial charge in [0.05, 0.1) is 21.3 Å². The van der Waals surface area contributed by atoms with Crippen molar-refractivity contribution in [1.82, 2.24) is 0 Å². The Bertz CT molecular complexity index is 596. The molecule has 0 spiro atoms. The fraction of sp³-hybridized carbons (Fsp3) is 0.625. The minimum absolute atomic E-state index is 0.331. The van der Waals surface area contributed by atoms with Crippen molar-refractivity contribution < 1.29 is 17.9 Å². The molecule has 2 rings (SSSR count). The zero-order valence-corrected chi connectivity index (χ0v) is 14.3. The van der Waals surface area contributed by atoms with E-state index in [1.807, 2.05) is 27.7 Å². The Labute approximate surface area is 127 Å². The lowest BCUT2D eigenvalue weighted by Crippen LogP contribution is -2.41. The van der Waals surface area contributed by atoms with E-state index in [0.29, 0.717) is 4.90 Å². The van der Waals surface area contributed by atoms with Gasteiger partial charge in [-0.15, -0.1) is 0 Å². The lowest BCUT2D eigenvalue weighted by molar-refractivity contribution is -0.0895. The number of sulfone groups is 1. The molecule has 118 valence electrons. The van der Waals surface area contributed by atoms with Gasteiger partial charge < -0.3 is 9.47 Å². The van der Waals surface area contributed by atoms with Crippen LogP contribution in [0.25, 0.3) is 0 Å². The van der Waals surface area contributed by atoms with Gasteiger partial charge in [-0.1, -0.05) is 12.1 Å². The minimum atomic E-state index is -3.24. The third-order valence-corrected chi connectivity index (χ3v) is 6.53. The summed E-state index contributed by atoms with van der Waals surface area (Å²) in [5.74, 6) is 0. The number of rotatable bonds is 3. The Kier molecular flexibility index (Phi) is 3.98. The van der Waals surface area contributed by atoms with Crippen LogP contribution in [0.4, 0.5) is 0 Å². The summed E-state index contributed by atoms with van der Waals surface area (Å²) in [5.41, 5.74) is 0.0251. The van der Waals surface area contributed by atoms with Crippen LogP contribution in [0.1, 0.15) is 53.4 Å². The normalized spacial score (nSPS) is 21.9. The van der Waals surface area contributed by atoms with E-state index in [1.165, 1.54) is 0 Å². The maximum Gasteiger partial charge on any atom is 0.185 e. The second-order valence-corrected chi connectivity index (χ2v) is 9.26. The molecule has 0 aliphatic carbocycles. The van der Waals surface area contributed by atoms with Crippen LogP contribution in [0.3, 0.4) is 0 Å². The van der Waals surface area contributed by atoms with E-state index in [1.54, 1.807) is 38.1 Å². The maximum absolute atomic E-state index is 12.1. The van der Waals surface area contributed by atoms with Gasteiger partial charge in [-0.05, 0) is 53.7 Å². The molecule has 0 aromatic heterocycles. The van der Waals surface area contributed by atoms with E-state index < -0.39 is 32.6 Å². The van der Waals surface area contributed by atoms with Crippen LogP contribution in [-0.2, 0) is 19.3 Å². The largest absolute Gasteiger partial charge is 0.339 e. The zero-order valence-electron chi connectivity index (χ0n) is 13.5. The molecule has 1 saturated heterocycles. The second-order valence-electron chi connectivity index (χ2n) is 6.75. The summed E-state index contributed by atoms with van der Waals surface area (Å²) in [5, 5.41) is -0.430. The SMILES string of the molecule is CC(C)S(=O)(=O)c1ccc(C2OC(C)(C)C(C)(C)O2)cc1. The van der Waals surface area contributed by atoms with Crippen molar-refractivity contribution in [2.75, 3.05) is 0 Å². The topological polar surface area (TPSA) is 52.6 Å². The molecule has 4 nitrogen and oxygen atoms in total. The number of hydrogen-bond acceptors (Lipinski definition) is 4. The Morgan fingerprint density at radius 3 is 1.76 bits per heavy atom. The molecule has 0 bridgehead atoms. The van der Waals surface area contributed by atoms with Crippen molar-refractivity contribution in [3.05, 3.63) is 29.8 Å². The molecule has 1 aliphatic heterocycles. The molecule has 0 radical (unpaired) electrons. The first-order chi connectivity index (χ1) is 9.47. The standard InChI is InChI=1S/C16H24O4S/c1-11(2)21(17,18)13-9-7-12(8-10-13)14-19-15(3,4)16(5,6)20-14/h7-11,14H,1-6H3. The summed E-state index contributed by atoms with van der Waals surface area (Å²) < 4.78 is 36.1. The molecule has 1 fully saturated rings. The molecule has 1 aromatic carbocycles. The van der Waals surface area contributed by atoms with E-state index in [0.717, 1.165) is 5.56 Å². The Balaban J connectivity index is 2.26. The second kappa shape index (κ2) is 5.07. The predicted octanol–water partition coefficient (Wildman–Crippen LogP) is 3.47. The third kappa shape index (κ3) is 2.87. The zero-order chi connectivity index (χ0) is 16.1. The number of ether oxygens (including phenoxy) is 2. The Morgan fingerprint density at radius 2 is 1.38 bits per heavy atom. The van der Waals surface area contributed by atoms with Gasteiger partial charge in [-0.3, -0.25) is 0 Å². The molecule has 1 heterocycles. The molecular formula is C16H24O4S. The lowest BCUT2D eigenvalue weighted by Gasteiger charge is -2.30. The van der Waals surface area contributed by atoms with Gasteiger partial charge in [-0.2, -0.15) is 0 Å². The maximum atomic E-state index is 12.1. The monoisotopic (exact) mass is 312 g/mol. The molecule has 0 amide bonds. The average molecular weight is 312 g/mol. The molecule has 1 aliphatic rings. The minimum Gasteiger partial charge on any atom is -0.339 e. The highest BCUT2D eigenvalue weighted by molar-refractivity contribution is 7.92. The van der Waals surface area contributed by atoms with Gasteiger partial charge >= 0.3 is 0 Å². The van der Waals surface area contributed by atoms with Gasteiger partial charge in [-0.25, -0.2) is 8.42 Å². The first-order valence-electron chi connectivity index (χ1n) is 7.17. The molecule has 0 saturated carbocycles. The van der Waals surface area contributed by atoms with Crippen LogP contribution >= 0.6 is 0 Å². The van der Waals surface area contributed by atoms with Crippen LogP contribution < -0.4 is 0 Å². The van der Waals surface area contributed by atoms with Gasteiger partial charge in [0.25, 0.3) is 0 Å². The average Bonchev–Trinajstić information content (AvgIpc) is 2.58. The summed E-state index contributed by atoms with van der Waals surface area (Å²) in [6.45, 7) is 11.3. The van der Waals surface area contributed by atoms with Gasteiger partial charge in [0.2, 0.25) is 0 Å². The van der Waals surface area contributed by atoms with Crippen LogP contribution in [0, 0.1) is 0 Å². The van der Waals surface area contributed by atoms with Gasteiger partial charge in [0, 0.05) is 5.56 Å². The van der Waals surface area contributed by atoms with Crippen LogP contribution in [-0.4, -0.2) is 24.9 Å². The van der Waals surface area contributed by atoms with E-state index in [9.17, 15) is 8.42 Å². The van der Waals surface area contributed by atoms with Gasteiger partial charge in [0.15, 0.2) is 16.1 Å². The lowest BCUT2D eigenvalue weighted by atomic mass is 9.90. The van der Waals surface area contributed by atoms with Crippen molar-refractivity contribution in [3.63, 3.8) is 0 Å². The fourth-order valence-corrected chi connectivity index (χ4v) is 3.13. The molecular weight excluding hydrogens is 288 g/mol. The smallest absolute Gasteiger partial charge is 0.185 e. The summed E-state index contributed by atoms with van der Waals surface area (Å²) in [4.78, 5) is 0.331. The quantitative estimate of drug-likeness (QED) is 0.857. The van der Waals surface area contributed by atoms with Crippen LogP contribution in [0.2, 0.25) is 0 Å². The number of benzene rings is 1. The molecule has 5 heteroatoms. The van der Waals surface area contributed by atoms with Crippen molar-refractivity contribution in [2.45, 2.75) is 69.2 Å². The molecule has 1 aromatic rings. The van der Waals surface area contributed by atoms with Crippen molar-refractivity contribution in [1.29, 1.82) is 0 Å². The van der Waals surface area contributed by atoms with E-state index in [4.69, 9.17) is 9.47 Å². The highest BCUT2D eigenvalue weighted by atomic mass is 32.2.